The zero-order chi connectivity index (χ0) is 30.9. The minimum Gasteiger partial charge on any atom is -0.473 e. The molecule has 17 heteroatoms. The number of carboxylic acids is 1. The smallest absolute Gasteiger partial charge is 0.425 e. The number of ether oxygens (including phenoxy) is 5. The zero-order valence-electron chi connectivity index (χ0n) is 22.3. The van der Waals surface area contributed by atoms with Crippen LogP contribution in [0.4, 0.5) is 0 Å². The van der Waals surface area contributed by atoms with Crippen LogP contribution in [-0.2, 0) is 38.1 Å². The van der Waals surface area contributed by atoms with Crippen LogP contribution < -0.4 is 0 Å². The standard InChI is InChI=1S/C25H36O17/c26-9-4-12(28)10-6-15(20(39-14(10)5-9)8-1-2-11(27)13(29)3-8)40-25-19(32)18(31)17(30)16(41-25)7-38-23(36)24(37)42-22(35)21(33)34/h8-20,25-32H,1-7H2,(H,33,34)/p+1. The second-order valence-corrected chi connectivity index (χ2v) is 11.3. The highest BCUT2D eigenvalue weighted by atomic mass is 16.7. The molecule has 14 atom stereocenters. The average Bonchev–Trinajstić information content (AvgIpc) is 2.93. The van der Waals surface area contributed by atoms with E-state index in [-0.39, 0.29) is 25.2 Å². The molecule has 2 saturated carbocycles. The number of aliphatic hydroxyl groups excluding tert-OH is 7. The number of hydrogen-bond acceptors (Lipinski definition) is 15. The molecule has 2 aliphatic carbocycles. The summed E-state index contributed by atoms with van der Waals surface area (Å²) in [4.78, 5) is 44.9. The van der Waals surface area contributed by atoms with E-state index in [1.165, 1.54) is 0 Å². The van der Waals surface area contributed by atoms with E-state index in [0.29, 0.717) is 19.3 Å². The number of aliphatic carboxylic acids is 1. The number of fused-ring (bicyclic) bond motifs is 1. The van der Waals surface area contributed by atoms with Gasteiger partial charge in [-0.25, -0.2) is 19.2 Å². The third-order valence-electron chi connectivity index (χ3n) is 8.45. The Morgan fingerprint density at radius 1 is 0.762 bits per heavy atom. The van der Waals surface area contributed by atoms with Crippen LogP contribution in [0.3, 0.4) is 0 Å². The Hall–Kier alpha value is -2.32. The van der Waals surface area contributed by atoms with Crippen molar-refractivity contribution in [2.45, 2.75) is 112 Å². The lowest BCUT2D eigenvalue weighted by molar-refractivity contribution is -0.356. The van der Waals surface area contributed by atoms with Crippen molar-refractivity contribution < 1.29 is 83.7 Å². The van der Waals surface area contributed by atoms with Crippen molar-refractivity contribution in [1.82, 2.24) is 0 Å². The molecule has 42 heavy (non-hydrogen) atoms. The van der Waals surface area contributed by atoms with E-state index < -0.39 is 110 Å². The molecule has 0 amide bonds. The first-order valence-corrected chi connectivity index (χ1v) is 13.7. The number of esters is 3. The SMILES string of the molecule is O=C(O)C(=O)OC(=O)C(=O)OCC1OC(OC2CC3C(O)CC(O)CC3[OH+]C2C2CCC(O)C(O)C2)C(O)C(O)C1O. The third kappa shape index (κ3) is 7.24. The molecule has 2 aliphatic heterocycles. The molecule has 0 radical (unpaired) electrons. The van der Waals surface area contributed by atoms with E-state index in [4.69, 9.17) is 19.3 Å². The van der Waals surface area contributed by atoms with E-state index >= 15 is 0 Å². The number of aliphatic hydroxyl groups is 9. The lowest BCUT2D eigenvalue weighted by Gasteiger charge is -2.48. The summed E-state index contributed by atoms with van der Waals surface area (Å²) in [6.07, 6.45) is -12.6. The van der Waals surface area contributed by atoms with Crippen LogP contribution in [0, 0.1) is 11.8 Å². The lowest BCUT2D eigenvalue weighted by atomic mass is 9.72. The van der Waals surface area contributed by atoms with E-state index in [1.54, 1.807) is 0 Å². The molecule has 0 spiro atoms. The fourth-order valence-corrected chi connectivity index (χ4v) is 6.23. The average molecular weight is 610 g/mol. The number of carbonyl (C=O) groups is 4. The highest BCUT2D eigenvalue weighted by Gasteiger charge is 2.55. The highest BCUT2D eigenvalue weighted by molar-refractivity contribution is 6.38. The van der Waals surface area contributed by atoms with Crippen molar-refractivity contribution >= 4 is 23.9 Å². The largest absolute Gasteiger partial charge is 0.473 e. The summed E-state index contributed by atoms with van der Waals surface area (Å²) >= 11 is 0. The van der Waals surface area contributed by atoms with Crippen LogP contribution in [0.25, 0.3) is 0 Å². The molecule has 17 nitrogen and oxygen atoms in total. The van der Waals surface area contributed by atoms with Gasteiger partial charge in [0.25, 0.3) is 0 Å². The van der Waals surface area contributed by atoms with Gasteiger partial charge in [0.1, 0.15) is 37.1 Å². The summed E-state index contributed by atoms with van der Waals surface area (Å²) in [5, 5.41) is 81.1. The van der Waals surface area contributed by atoms with Gasteiger partial charge in [-0.15, -0.1) is 0 Å². The van der Waals surface area contributed by atoms with E-state index in [9.17, 15) is 54.9 Å². The summed E-state index contributed by atoms with van der Waals surface area (Å²) < 4.78 is 24.9. The molecule has 0 bridgehead atoms. The molecule has 238 valence electrons. The molecular formula is C25H37O17+. The Balaban J connectivity index is 1.46. The maximum Gasteiger partial charge on any atom is 0.425 e. The Kier molecular flexibility index (Phi) is 10.5. The maximum absolute atomic E-state index is 11.8. The maximum atomic E-state index is 11.8. The molecule has 9 N–H and O–H groups in total. The first-order valence-electron chi connectivity index (χ1n) is 13.7. The molecule has 14 unspecified atom stereocenters. The normalized spacial score (nSPS) is 44.0. The van der Waals surface area contributed by atoms with Crippen LogP contribution in [0.15, 0.2) is 0 Å². The van der Waals surface area contributed by atoms with Gasteiger partial charge >= 0.3 is 23.9 Å². The summed E-state index contributed by atoms with van der Waals surface area (Å²) in [6, 6.07) is 0. The Bertz CT molecular complexity index is 1010. The van der Waals surface area contributed by atoms with Crippen LogP contribution in [0.1, 0.15) is 38.5 Å². The fraction of sp³-hybridized carbons (Fsp3) is 0.840. The van der Waals surface area contributed by atoms with Crippen molar-refractivity contribution in [3.63, 3.8) is 0 Å². The molecule has 0 aromatic heterocycles. The second kappa shape index (κ2) is 13.5. The van der Waals surface area contributed by atoms with Crippen molar-refractivity contribution in [3.05, 3.63) is 0 Å². The lowest BCUT2D eigenvalue weighted by Crippen LogP contribution is -2.63. The second-order valence-electron chi connectivity index (χ2n) is 11.3. The fourth-order valence-electron chi connectivity index (χ4n) is 6.23. The summed E-state index contributed by atoms with van der Waals surface area (Å²) in [6.45, 7) is -0.896. The van der Waals surface area contributed by atoms with Crippen molar-refractivity contribution in [2.24, 2.45) is 11.8 Å². The van der Waals surface area contributed by atoms with E-state index in [2.05, 4.69) is 9.47 Å². The highest BCUT2D eigenvalue weighted by Crippen LogP contribution is 2.42. The predicted octanol–water partition coefficient (Wildman–Crippen LogP) is -4.80. The minimum absolute atomic E-state index is 0.129. The predicted molar refractivity (Wildman–Crippen MR) is 130 cm³/mol. The summed E-state index contributed by atoms with van der Waals surface area (Å²) in [7, 11) is 0. The van der Waals surface area contributed by atoms with E-state index in [1.807, 2.05) is 0 Å². The van der Waals surface area contributed by atoms with Crippen molar-refractivity contribution in [2.75, 3.05) is 6.61 Å². The van der Waals surface area contributed by atoms with Crippen molar-refractivity contribution in [1.29, 1.82) is 0 Å². The molecule has 4 aliphatic rings. The monoisotopic (exact) mass is 609 g/mol. The van der Waals surface area contributed by atoms with Crippen LogP contribution in [-0.4, -0.2) is 150 Å². The molecule has 4 rings (SSSR count). The Morgan fingerprint density at radius 3 is 2.14 bits per heavy atom. The molecule has 2 saturated heterocycles. The Morgan fingerprint density at radius 2 is 1.48 bits per heavy atom. The summed E-state index contributed by atoms with van der Waals surface area (Å²) in [5.74, 6) is -8.58. The first kappa shape index (κ1) is 32.6. The molecule has 0 aromatic carbocycles. The van der Waals surface area contributed by atoms with Gasteiger partial charge in [-0.2, -0.15) is 0 Å². The number of carbonyl (C=O) groups excluding carboxylic acids is 3. The van der Waals surface area contributed by atoms with Gasteiger partial charge in [0.2, 0.25) is 0 Å². The molecule has 4 fully saturated rings. The van der Waals surface area contributed by atoms with Gasteiger partial charge in [-0.3, -0.25) is 0 Å². The number of rotatable bonds is 5. The Labute approximate surface area is 238 Å². The first-order chi connectivity index (χ1) is 19.8. The molecular weight excluding hydrogens is 572 g/mol. The van der Waals surface area contributed by atoms with Gasteiger partial charge in [0, 0.05) is 18.8 Å². The van der Waals surface area contributed by atoms with Crippen LogP contribution in [0.2, 0.25) is 0 Å². The van der Waals surface area contributed by atoms with Gasteiger partial charge in [0.05, 0.1) is 30.3 Å². The van der Waals surface area contributed by atoms with Gasteiger partial charge < -0.3 is 64.5 Å². The van der Waals surface area contributed by atoms with Gasteiger partial charge in [0.15, 0.2) is 18.5 Å². The van der Waals surface area contributed by atoms with Crippen molar-refractivity contribution in [3.8, 4) is 0 Å². The third-order valence-corrected chi connectivity index (χ3v) is 8.45. The number of carboxylic acid groups (broad SMARTS) is 1. The quantitative estimate of drug-likeness (QED) is 0.0628. The van der Waals surface area contributed by atoms with Gasteiger partial charge in [-0.05, 0) is 25.7 Å². The minimum atomic E-state index is -2.13. The molecule has 0 aromatic rings. The number of hydrogen-bond donors (Lipinski definition) is 8. The summed E-state index contributed by atoms with van der Waals surface area (Å²) in [5.41, 5.74) is 0. The van der Waals surface area contributed by atoms with E-state index in [0.717, 1.165) is 0 Å². The molecule has 2 heterocycles. The van der Waals surface area contributed by atoms with Crippen LogP contribution >= 0.6 is 0 Å². The van der Waals surface area contributed by atoms with Gasteiger partial charge in [-0.1, -0.05) is 0 Å². The van der Waals surface area contributed by atoms with Crippen LogP contribution in [0.5, 0.6) is 0 Å². The zero-order valence-corrected chi connectivity index (χ0v) is 22.3. The topological polar surface area (TPSA) is 280 Å².